The van der Waals surface area contributed by atoms with Crippen LogP contribution >= 0.6 is 11.8 Å². The number of methoxy groups -OCH3 is 2. The van der Waals surface area contributed by atoms with Crippen molar-refractivity contribution in [1.82, 2.24) is 10.2 Å². The number of piperazine rings is 1. The van der Waals surface area contributed by atoms with Gasteiger partial charge in [-0.1, -0.05) is 12.1 Å². The molecule has 8 heteroatoms. The summed E-state index contributed by atoms with van der Waals surface area (Å²) < 4.78 is 10.3. The van der Waals surface area contributed by atoms with Crippen molar-refractivity contribution in [3.05, 3.63) is 54.1 Å². The molecule has 1 aliphatic heterocycles. The number of carbonyl (C=O) groups excluding carboxylic acids is 2. The number of nitrogens with zero attached hydrogens (tertiary/aromatic N) is 2. The Bertz CT molecular complexity index is 866. The summed E-state index contributed by atoms with van der Waals surface area (Å²) >= 11 is 1.37. The Balaban J connectivity index is 1.29. The Morgan fingerprint density at radius 1 is 0.875 bits per heavy atom. The first-order chi connectivity index (χ1) is 15.6. The van der Waals surface area contributed by atoms with Gasteiger partial charge >= 0.3 is 0 Å². The molecule has 1 saturated heterocycles. The molecule has 0 atom stereocenters. The third-order valence-corrected chi connectivity index (χ3v) is 6.34. The quantitative estimate of drug-likeness (QED) is 0.591. The van der Waals surface area contributed by atoms with Gasteiger partial charge in [-0.15, -0.1) is 11.8 Å². The summed E-state index contributed by atoms with van der Waals surface area (Å²) in [6.45, 7) is 3.56. The highest BCUT2D eigenvalue weighted by Crippen LogP contribution is 2.20. The van der Waals surface area contributed by atoms with Gasteiger partial charge in [0.15, 0.2) is 0 Å². The van der Waals surface area contributed by atoms with E-state index in [0.717, 1.165) is 42.3 Å². The maximum Gasteiger partial charge on any atom is 0.232 e. The molecule has 0 unspecified atom stereocenters. The molecule has 0 aromatic heterocycles. The fourth-order valence-electron chi connectivity index (χ4n) is 3.52. The molecule has 1 N–H and O–H groups in total. The maximum absolute atomic E-state index is 12.5. The fraction of sp³-hybridized carbons (Fsp3) is 0.417. The number of benzene rings is 2. The molecule has 0 aliphatic carbocycles. The highest BCUT2D eigenvalue weighted by Gasteiger charge is 2.21. The lowest BCUT2D eigenvalue weighted by atomic mass is 10.1. The summed E-state index contributed by atoms with van der Waals surface area (Å²) in [5, 5.41) is 2.91. The predicted molar refractivity (Wildman–Crippen MR) is 129 cm³/mol. The van der Waals surface area contributed by atoms with Gasteiger partial charge in [-0.3, -0.25) is 9.59 Å². The van der Waals surface area contributed by atoms with Crippen LogP contribution in [0.4, 0.5) is 5.69 Å². The lowest BCUT2D eigenvalue weighted by Gasteiger charge is -2.36. The summed E-state index contributed by atoms with van der Waals surface area (Å²) in [6, 6.07) is 15.8. The molecule has 0 spiro atoms. The Hall–Kier alpha value is -2.87. The molecule has 172 valence electrons. The largest absolute Gasteiger partial charge is 0.497 e. The molecular weight excluding hydrogens is 426 g/mol. The van der Waals surface area contributed by atoms with Crippen LogP contribution in [0.3, 0.4) is 0 Å². The van der Waals surface area contributed by atoms with Gasteiger partial charge in [0.2, 0.25) is 11.8 Å². The molecule has 1 aliphatic rings. The number of thioether (sulfide) groups is 1. The van der Waals surface area contributed by atoms with Crippen LogP contribution in [0.15, 0.2) is 48.5 Å². The number of nitrogens with one attached hydrogen (secondary N) is 1. The van der Waals surface area contributed by atoms with Crippen LogP contribution in [0.1, 0.15) is 5.56 Å². The van der Waals surface area contributed by atoms with E-state index in [1.54, 1.807) is 14.2 Å². The minimum atomic E-state index is -0.0411. The minimum Gasteiger partial charge on any atom is -0.497 e. The predicted octanol–water partition coefficient (Wildman–Crippen LogP) is 2.44. The van der Waals surface area contributed by atoms with Crippen molar-refractivity contribution in [2.75, 3.05) is 63.3 Å². The van der Waals surface area contributed by atoms with Gasteiger partial charge in [0.1, 0.15) is 11.5 Å². The molecule has 32 heavy (non-hydrogen) atoms. The third kappa shape index (κ3) is 7.09. The van der Waals surface area contributed by atoms with Gasteiger partial charge in [-0.25, -0.2) is 0 Å². The minimum absolute atomic E-state index is 0.0411. The molecule has 2 aromatic rings. The molecule has 2 amide bonds. The number of hydrogen-bond donors (Lipinski definition) is 1. The van der Waals surface area contributed by atoms with Gasteiger partial charge < -0.3 is 24.6 Å². The van der Waals surface area contributed by atoms with E-state index in [4.69, 9.17) is 9.47 Å². The van der Waals surface area contributed by atoms with Crippen LogP contribution in [0.5, 0.6) is 11.5 Å². The summed E-state index contributed by atoms with van der Waals surface area (Å²) in [7, 11) is 3.30. The van der Waals surface area contributed by atoms with E-state index in [1.807, 2.05) is 53.4 Å². The molecular formula is C24H31N3O4S. The van der Waals surface area contributed by atoms with Crippen molar-refractivity contribution in [3.63, 3.8) is 0 Å². The van der Waals surface area contributed by atoms with Crippen LogP contribution in [0.2, 0.25) is 0 Å². The van der Waals surface area contributed by atoms with Gasteiger partial charge in [0.25, 0.3) is 0 Å². The number of ether oxygens (including phenoxy) is 2. The average molecular weight is 458 g/mol. The number of hydrogen-bond acceptors (Lipinski definition) is 6. The Labute approximate surface area is 194 Å². The molecule has 7 nitrogen and oxygen atoms in total. The number of rotatable bonds is 10. The first kappa shape index (κ1) is 23.8. The number of anilines is 1. The second-order valence-corrected chi connectivity index (χ2v) is 8.49. The molecule has 0 bridgehead atoms. The first-order valence-corrected chi connectivity index (χ1v) is 11.9. The van der Waals surface area contributed by atoms with E-state index in [2.05, 4.69) is 10.2 Å². The highest BCUT2D eigenvalue weighted by molar-refractivity contribution is 8.00. The molecule has 0 saturated carbocycles. The second kappa shape index (κ2) is 12.2. The fourth-order valence-corrected chi connectivity index (χ4v) is 4.27. The molecule has 2 aromatic carbocycles. The van der Waals surface area contributed by atoms with Gasteiger partial charge in [0.05, 0.1) is 25.7 Å². The number of amides is 2. The average Bonchev–Trinajstić information content (AvgIpc) is 2.84. The van der Waals surface area contributed by atoms with E-state index >= 15 is 0 Å². The number of carbonyl (C=O) groups is 2. The van der Waals surface area contributed by atoms with E-state index in [9.17, 15) is 9.59 Å². The van der Waals surface area contributed by atoms with E-state index < -0.39 is 0 Å². The Morgan fingerprint density at radius 2 is 1.47 bits per heavy atom. The molecule has 1 heterocycles. The smallest absolute Gasteiger partial charge is 0.232 e. The summed E-state index contributed by atoms with van der Waals surface area (Å²) in [5.74, 6) is 2.33. The van der Waals surface area contributed by atoms with Crippen molar-refractivity contribution in [1.29, 1.82) is 0 Å². The van der Waals surface area contributed by atoms with Crippen molar-refractivity contribution >= 4 is 29.3 Å². The normalized spacial score (nSPS) is 13.6. The van der Waals surface area contributed by atoms with Crippen molar-refractivity contribution in [2.24, 2.45) is 0 Å². The molecule has 0 radical (unpaired) electrons. The van der Waals surface area contributed by atoms with E-state index in [1.165, 1.54) is 11.8 Å². The van der Waals surface area contributed by atoms with Gasteiger partial charge in [-0.2, -0.15) is 0 Å². The summed E-state index contributed by atoms with van der Waals surface area (Å²) in [4.78, 5) is 28.7. The van der Waals surface area contributed by atoms with E-state index in [-0.39, 0.29) is 11.8 Å². The second-order valence-electron chi connectivity index (χ2n) is 7.51. The lowest BCUT2D eigenvalue weighted by Crippen LogP contribution is -2.49. The van der Waals surface area contributed by atoms with E-state index in [0.29, 0.717) is 31.1 Å². The van der Waals surface area contributed by atoms with Gasteiger partial charge in [0, 0.05) is 38.4 Å². The molecule has 1 fully saturated rings. The zero-order valence-electron chi connectivity index (χ0n) is 18.7. The van der Waals surface area contributed by atoms with Crippen LogP contribution in [0, 0.1) is 0 Å². The van der Waals surface area contributed by atoms with Crippen LogP contribution in [0.25, 0.3) is 0 Å². The Kier molecular flexibility index (Phi) is 9.10. The zero-order chi connectivity index (χ0) is 22.8. The maximum atomic E-state index is 12.5. The highest BCUT2D eigenvalue weighted by atomic mass is 32.2. The topological polar surface area (TPSA) is 71.1 Å². The standard InChI is InChI=1S/C24H31N3O4S/c1-30-21-7-3-19(4-8-21)11-12-25-23(28)17-32-18-24(29)27-15-13-26(14-16-27)20-5-9-22(31-2)10-6-20/h3-10H,11-18H2,1-2H3,(H,25,28). The van der Waals surface area contributed by atoms with Crippen molar-refractivity contribution < 1.29 is 19.1 Å². The van der Waals surface area contributed by atoms with Gasteiger partial charge in [-0.05, 0) is 48.4 Å². The summed E-state index contributed by atoms with van der Waals surface area (Å²) in [5.41, 5.74) is 2.28. The SMILES string of the molecule is COc1ccc(CCNC(=O)CSCC(=O)N2CCN(c3ccc(OC)cc3)CC2)cc1. The summed E-state index contributed by atoms with van der Waals surface area (Å²) in [6.07, 6.45) is 0.762. The monoisotopic (exact) mass is 457 g/mol. The lowest BCUT2D eigenvalue weighted by molar-refractivity contribution is -0.128. The van der Waals surface area contributed by atoms with Crippen molar-refractivity contribution in [2.45, 2.75) is 6.42 Å². The third-order valence-electron chi connectivity index (χ3n) is 5.42. The van der Waals surface area contributed by atoms with Crippen LogP contribution in [-0.4, -0.2) is 75.2 Å². The zero-order valence-corrected chi connectivity index (χ0v) is 19.5. The first-order valence-electron chi connectivity index (χ1n) is 10.7. The Morgan fingerprint density at radius 3 is 2.06 bits per heavy atom. The van der Waals surface area contributed by atoms with Crippen molar-refractivity contribution in [3.8, 4) is 11.5 Å². The molecule has 3 rings (SSSR count). The van der Waals surface area contributed by atoms with Crippen LogP contribution < -0.4 is 19.7 Å². The van der Waals surface area contributed by atoms with Crippen LogP contribution in [-0.2, 0) is 16.0 Å².